The Kier molecular flexibility index (Phi) is 4.05. The molecule has 0 aliphatic heterocycles. The van der Waals surface area contributed by atoms with E-state index in [1.807, 2.05) is 49.4 Å². The Morgan fingerprint density at radius 2 is 1.58 bits per heavy atom. The number of ether oxygens (including phenoxy) is 1. The van der Waals surface area contributed by atoms with Gasteiger partial charge >= 0.3 is 0 Å². The van der Waals surface area contributed by atoms with Crippen molar-refractivity contribution < 1.29 is 13.2 Å². The van der Waals surface area contributed by atoms with Gasteiger partial charge in [-0.2, -0.15) is 4.72 Å². The number of benzene rings is 3. The van der Waals surface area contributed by atoms with Crippen molar-refractivity contribution in [2.45, 2.75) is 17.9 Å². The summed E-state index contributed by atoms with van der Waals surface area (Å²) in [5.41, 5.74) is 4.94. The van der Waals surface area contributed by atoms with Crippen LogP contribution in [0.15, 0.2) is 71.6 Å². The Labute approximate surface area is 153 Å². The number of hydrogen-bond donors (Lipinski definition) is 1. The highest BCUT2D eigenvalue weighted by molar-refractivity contribution is 7.89. The Morgan fingerprint density at radius 3 is 2.31 bits per heavy atom. The van der Waals surface area contributed by atoms with Crippen LogP contribution in [0.1, 0.15) is 22.7 Å². The summed E-state index contributed by atoms with van der Waals surface area (Å²) < 4.78 is 34.1. The van der Waals surface area contributed by atoms with Gasteiger partial charge in [0.25, 0.3) is 0 Å². The average molecular weight is 365 g/mol. The minimum Gasteiger partial charge on any atom is -0.497 e. The third-order valence-electron chi connectivity index (χ3n) is 4.74. The first-order chi connectivity index (χ1) is 12.5. The van der Waals surface area contributed by atoms with Crippen molar-refractivity contribution in [3.63, 3.8) is 0 Å². The molecule has 0 fully saturated rings. The first-order valence-corrected chi connectivity index (χ1v) is 9.84. The highest BCUT2D eigenvalue weighted by Gasteiger charge is 2.32. The molecule has 0 saturated heterocycles. The number of fused-ring (bicyclic) bond motifs is 3. The Balaban J connectivity index is 1.80. The van der Waals surface area contributed by atoms with Gasteiger partial charge in [-0.3, -0.25) is 0 Å². The van der Waals surface area contributed by atoms with Crippen LogP contribution in [0.2, 0.25) is 0 Å². The van der Waals surface area contributed by atoms with E-state index in [0.29, 0.717) is 5.75 Å². The second kappa shape index (κ2) is 6.27. The maximum Gasteiger partial charge on any atom is 0.241 e. The lowest BCUT2D eigenvalue weighted by Crippen LogP contribution is -2.28. The number of hydrogen-bond acceptors (Lipinski definition) is 3. The monoisotopic (exact) mass is 365 g/mol. The number of nitrogens with one attached hydrogen (secondary N) is 1. The minimum atomic E-state index is -3.66. The minimum absolute atomic E-state index is 0.261. The zero-order chi connectivity index (χ0) is 18.3. The van der Waals surface area contributed by atoms with Gasteiger partial charge in [-0.05, 0) is 53.4 Å². The standard InChI is InChI=1S/C21H19NO3S/c1-14-7-10-16(11-8-14)26(23,24)22-21-19-6-4-3-5-17(19)18-12-9-15(25-2)13-20(18)21/h3-13,21-22H,1-2H3. The molecule has 0 radical (unpaired) electrons. The van der Waals surface area contributed by atoms with Crippen LogP contribution in [0.3, 0.4) is 0 Å². The summed E-state index contributed by atoms with van der Waals surface area (Å²) in [6, 6.07) is 20.1. The number of sulfonamides is 1. The van der Waals surface area contributed by atoms with Gasteiger partial charge in [0, 0.05) is 0 Å². The topological polar surface area (TPSA) is 55.4 Å². The molecule has 0 bridgehead atoms. The van der Waals surface area contributed by atoms with Gasteiger partial charge in [0.05, 0.1) is 18.0 Å². The van der Waals surface area contributed by atoms with Crippen LogP contribution in [0.4, 0.5) is 0 Å². The fourth-order valence-electron chi connectivity index (χ4n) is 3.38. The van der Waals surface area contributed by atoms with Crippen LogP contribution in [-0.2, 0) is 10.0 Å². The molecular formula is C21H19NO3S. The van der Waals surface area contributed by atoms with E-state index in [0.717, 1.165) is 27.8 Å². The third-order valence-corrected chi connectivity index (χ3v) is 6.17. The molecule has 1 unspecified atom stereocenters. The molecule has 0 heterocycles. The average Bonchev–Trinajstić information content (AvgIpc) is 2.95. The van der Waals surface area contributed by atoms with E-state index in [1.165, 1.54) is 0 Å². The van der Waals surface area contributed by atoms with Crippen LogP contribution >= 0.6 is 0 Å². The van der Waals surface area contributed by atoms with Crippen molar-refractivity contribution >= 4 is 10.0 Å². The van der Waals surface area contributed by atoms with Crippen LogP contribution < -0.4 is 9.46 Å². The Morgan fingerprint density at radius 1 is 0.885 bits per heavy atom. The van der Waals surface area contributed by atoms with Gasteiger partial charge in [0.1, 0.15) is 5.75 Å². The molecule has 0 spiro atoms. The summed E-state index contributed by atoms with van der Waals surface area (Å²) in [7, 11) is -2.05. The summed E-state index contributed by atoms with van der Waals surface area (Å²) in [6.07, 6.45) is 0. The fourth-order valence-corrected chi connectivity index (χ4v) is 4.58. The summed E-state index contributed by atoms with van der Waals surface area (Å²) in [5, 5.41) is 0. The van der Waals surface area contributed by atoms with Crippen LogP contribution in [0.25, 0.3) is 11.1 Å². The van der Waals surface area contributed by atoms with Gasteiger partial charge in [0.2, 0.25) is 10.0 Å². The summed E-state index contributed by atoms with van der Waals surface area (Å²) in [4.78, 5) is 0.261. The SMILES string of the molecule is COc1ccc2c(c1)C(NS(=O)(=O)c1ccc(C)cc1)c1ccccc1-2. The molecule has 1 N–H and O–H groups in total. The van der Waals surface area contributed by atoms with Gasteiger partial charge in [-0.25, -0.2) is 8.42 Å². The highest BCUT2D eigenvalue weighted by atomic mass is 32.2. The van der Waals surface area contributed by atoms with E-state index in [9.17, 15) is 8.42 Å². The molecule has 1 aliphatic rings. The normalized spacial score (nSPS) is 15.4. The molecule has 3 aromatic carbocycles. The van der Waals surface area contributed by atoms with Crippen LogP contribution in [0, 0.1) is 6.92 Å². The van der Waals surface area contributed by atoms with E-state index in [1.54, 1.807) is 31.4 Å². The van der Waals surface area contributed by atoms with Crippen molar-refractivity contribution in [3.05, 3.63) is 83.4 Å². The lowest BCUT2D eigenvalue weighted by molar-refractivity contribution is 0.414. The molecule has 1 atom stereocenters. The van der Waals surface area contributed by atoms with Crippen LogP contribution in [-0.4, -0.2) is 15.5 Å². The smallest absolute Gasteiger partial charge is 0.241 e. The molecule has 4 rings (SSSR count). The largest absolute Gasteiger partial charge is 0.497 e. The van der Waals surface area contributed by atoms with Crippen molar-refractivity contribution in [2.75, 3.05) is 7.11 Å². The summed E-state index contributed by atoms with van der Waals surface area (Å²) >= 11 is 0. The second-order valence-electron chi connectivity index (χ2n) is 6.41. The van der Waals surface area contributed by atoms with E-state index >= 15 is 0 Å². The van der Waals surface area contributed by atoms with Crippen LogP contribution in [0.5, 0.6) is 5.75 Å². The molecule has 0 amide bonds. The number of rotatable bonds is 4. The quantitative estimate of drug-likeness (QED) is 0.759. The molecule has 1 aliphatic carbocycles. The highest BCUT2D eigenvalue weighted by Crippen LogP contribution is 2.45. The van der Waals surface area contributed by atoms with Gasteiger partial charge in [-0.1, -0.05) is 48.0 Å². The number of methoxy groups -OCH3 is 1. The molecule has 0 saturated carbocycles. The molecule has 5 heteroatoms. The molecular weight excluding hydrogens is 346 g/mol. The summed E-state index contributed by atoms with van der Waals surface area (Å²) in [6.45, 7) is 1.93. The first kappa shape index (κ1) is 16.8. The molecule has 0 aromatic heterocycles. The maximum absolute atomic E-state index is 12.9. The zero-order valence-corrected chi connectivity index (χ0v) is 15.4. The van der Waals surface area contributed by atoms with Crippen molar-refractivity contribution in [3.8, 4) is 16.9 Å². The van der Waals surface area contributed by atoms with E-state index in [-0.39, 0.29) is 4.90 Å². The predicted molar refractivity (Wildman–Crippen MR) is 102 cm³/mol. The van der Waals surface area contributed by atoms with Crippen molar-refractivity contribution in [1.29, 1.82) is 0 Å². The van der Waals surface area contributed by atoms with E-state index in [4.69, 9.17) is 4.74 Å². The van der Waals surface area contributed by atoms with E-state index in [2.05, 4.69) is 4.72 Å². The molecule has 4 nitrogen and oxygen atoms in total. The summed E-state index contributed by atoms with van der Waals surface area (Å²) in [5.74, 6) is 0.705. The lowest BCUT2D eigenvalue weighted by Gasteiger charge is -2.17. The van der Waals surface area contributed by atoms with Gasteiger partial charge in [-0.15, -0.1) is 0 Å². The zero-order valence-electron chi connectivity index (χ0n) is 14.6. The predicted octanol–water partition coefficient (Wildman–Crippen LogP) is 4.05. The number of aryl methyl sites for hydroxylation is 1. The lowest BCUT2D eigenvalue weighted by atomic mass is 10.1. The van der Waals surface area contributed by atoms with Crippen molar-refractivity contribution in [1.82, 2.24) is 4.72 Å². The first-order valence-electron chi connectivity index (χ1n) is 8.36. The third kappa shape index (κ3) is 2.79. The molecule has 3 aromatic rings. The fraction of sp³-hybridized carbons (Fsp3) is 0.143. The Hall–Kier alpha value is -2.63. The van der Waals surface area contributed by atoms with Gasteiger partial charge in [0.15, 0.2) is 0 Å². The maximum atomic E-state index is 12.9. The Bertz CT molecular complexity index is 1070. The van der Waals surface area contributed by atoms with Gasteiger partial charge < -0.3 is 4.74 Å². The second-order valence-corrected chi connectivity index (χ2v) is 8.12. The van der Waals surface area contributed by atoms with E-state index < -0.39 is 16.1 Å². The molecule has 132 valence electrons. The molecule has 26 heavy (non-hydrogen) atoms. The van der Waals surface area contributed by atoms with Crippen molar-refractivity contribution in [2.24, 2.45) is 0 Å².